The third-order valence-corrected chi connectivity index (χ3v) is 21.8. The van der Waals surface area contributed by atoms with Gasteiger partial charge in [-0.05, 0) is 111 Å². The molecular weight excluding hydrogens is 1020 g/mol. The number of allylic oxidation sites excluding steroid dienone is 2. The van der Waals surface area contributed by atoms with E-state index in [4.69, 9.17) is 28.4 Å². The van der Waals surface area contributed by atoms with Crippen molar-refractivity contribution in [2.24, 2.45) is 55.4 Å². The summed E-state index contributed by atoms with van der Waals surface area (Å²) in [6.07, 6.45) is -4.30. The van der Waals surface area contributed by atoms with Crippen LogP contribution in [0, 0.1) is 50.2 Å². The SMILES string of the molecule is CCCCCCCCCCCC(=O)NC1C(O)C(O[C@@H]2OC(C)[C@H](O[C@@H]3OC[C@@H](O)C(O)C3O)C(O)C2O)[C@H](OC(=O)[C@]23CCC(C)(C)CC2C2=CCC4C5(C)CC[C@H](O)[C@](C)(/C=N/O)[C@@H]5CCC4(C)[C@]2(C)CC3O)O[C@H]1CO. The maximum Gasteiger partial charge on any atom is 0.317 e. The number of rotatable bonds is 19. The van der Waals surface area contributed by atoms with E-state index < -0.39 is 139 Å². The molecule has 11 N–H and O–H groups in total. The molecule has 5 aliphatic carbocycles. The van der Waals surface area contributed by atoms with E-state index in [1.54, 1.807) is 0 Å². The van der Waals surface area contributed by atoms with E-state index in [1.165, 1.54) is 38.8 Å². The molecule has 0 spiro atoms. The predicted molar refractivity (Wildman–Crippen MR) is 287 cm³/mol. The molecule has 4 saturated carbocycles. The van der Waals surface area contributed by atoms with Crippen molar-refractivity contribution >= 4 is 18.1 Å². The predicted octanol–water partition coefficient (Wildman–Crippen LogP) is 4.26. The van der Waals surface area contributed by atoms with Crippen LogP contribution in [0.5, 0.6) is 0 Å². The smallest absolute Gasteiger partial charge is 0.317 e. The van der Waals surface area contributed by atoms with Crippen molar-refractivity contribution in [1.82, 2.24) is 5.32 Å². The third-order valence-electron chi connectivity index (χ3n) is 21.8. The topological polar surface area (TPSA) is 316 Å². The first kappa shape index (κ1) is 62.6. The molecule has 0 bridgehead atoms. The van der Waals surface area contributed by atoms with Crippen LogP contribution in [0.4, 0.5) is 0 Å². The Morgan fingerprint density at radius 3 is 2.06 bits per heavy atom. The van der Waals surface area contributed by atoms with Gasteiger partial charge >= 0.3 is 5.97 Å². The number of esters is 1. The summed E-state index contributed by atoms with van der Waals surface area (Å²) in [5, 5.41) is 118. The molecule has 0 aromatic heterocycles. The van der Waals surface area contributed by atoms with Crippen molar-refractivity contribution in [1.29, 1.82) is 0 Å². The van der Waals surface area contributed by atoms with Crippen LogP contribution in [0.3, 0.4) is 0 Å². The number of aliphatic hydroxyl groups excluding tert-OH is 9. The summed E-state index contributed by atoms with van der Waals surface area (Å²) in [5.74, 6) is -1.55. The fraction of sp³-hybridized carbons (Fsp3) is 0.915. The second-order valence-corrected chi connectivity index (χ2v) is 27.1. The largest absolute Gasteiger partial charge is 0.432 e. The molecule has 79 heavy (non-hydrogen) atoms. The van der Waals surface area contributed by atoms with Crippen LogP contribution >= 0.6 is 0 Å². The standard InChI is InChI=1S/C59H98N2O18/c1-9-10-11-12-13-14-15-16-17-18-41(66)61-42-36(29-62)76-52(49(44(42)68)78-51-47(71)45(69)48(32(2)75-51)77-50-46(70)43(67)35(63)30-74-50)79-53(72)59-26-25-54(3,4)27-34(59)33-19-20-38-55(5)23-22-39(64)56(6,31-60-73)37(55)21-24-57(38,7)58(33,8)28-40(59)65/h19,31-32,34-40,42-52,62-65,67-71,73H,9-18,20-30H2,1-8H3,(H,61,66)/b60-31+/t32?,34?,35-,36+,37-,38?,39+,40?,42?,43?,44?,45?,46?,47?,48+,49?,50+,51+,52+,55?,56-,57?,58-,59-/m1/s1. The molecule has 3 saturated heterocycles. The number of carbonyl (C=O) groups is 2. The number of carbonyl (C=O) groups excluding carboxylic acids is 2. The van der Waals surface area contributed by atoms with Gasteiger partial charge in [-0.15, -0.1) is 5.16 Å². The monoisotopic (exact) mass is 1120 g/mol. The van der Waals surface area contributed by atoms with E-state index in [0.29, 0.717) is 32.1 Å². The first-order valence-electron chi connectivity index (χ1n) is 30.0. The highest BCUT2D eigenvalue weighted by Gasteiger charge is 2.72. The fourth-order valence-electron chi connectivity index (χ4n) is 16.8. The molecule has 452 valence electrons. The van der Waals surface area contributed by atoms with Gasteiger partial charge in [0.1, 0.15) is 54.2 Å². The average Bonchev–Trinajstić information content (AvgIpc) is 2.53. The Morgan fingerprint density at radius 1 is 0.734 bits per heavy atom. The van der Waals surface area contributed by atoms with Crippen LogP contribution in [-0.2, 0) is 38.0 Å². The van der Waals surface area contributed by atoms with E-state index in [0.717, 1.165) is 50.5 Å². The Hall–Kier alpha value is -2.41. The van der Waals surface area contributed by atoms with Gasteiger partial charge in [0.15, 0.2) is 18.7 Å². The second kappa shape index (κ2) is 24.7. The lowest BCUT2D eigenvalue weighted by molar-refractivity contribution is -0.370. The molecule has 8 rings (SSSR count). The molecule has 1 amide bonds. The van der Waals surface area contributed by atoms with Gasteiger partial charge in [-0.3, -0.25) is 9.59 Å². The summed E-state index contributed by atoms with van der Waals surface area (Å²) >= 11 is 0. The molecule has 7 fully saturated rings. The Labute approximate surface area is 467 Å². The minimum atomic E-state index is -1.92. The Bertz CT molecular complexity index is 2150. The first-order valence-corrected chi connectivity index (χ1v) is 30.0. The van der Waals surface area contributed by atoms with Crippen molar-refractivity contribution in [2.75, 3.05) is 13.2 Å². The Morgan fingerprint density at radius 2 is 1.39 bits per heavy atom. The van der Waals surface area contributed by atoms with Crippen LogP contribution in [0.25, 0.3) is 0 Å². The molecular formula is C59H98N2O18. The Kier molecular flexibility index (Phi) is 19.6. The van der Waals surface area contributed by atoms with Crippen molar-refractivity contribution < 1.29 is 89.2 Å². The highest BCUT2D eigenvalue weighted by molar-refractivity contribution is 5.80. The molecule has 0 aromatic rings. The van der Waals surface area contributed by atoms with Crippen LogP contribution in [0.15, 0.2) is 16.8 Å². The van der Waals surface area contributed by atoms with Gasteiger partial charge in [0.25, 0.3) is 0 Å². The lowest BCUT2D eigenvalue weighted by Crippen LogP contribution is -2.69. The van der Waals surface area contributed by atoms with Gasteiger partial charge in [0.2, 0.25) is 12.2 Å². The van der Waals surface area contributed by atoms with Crippen LogP contribution < -0.4 is 5.32 Å². The van der Waals surface area contributed by atoms with Gasteiger partial charge in [0.05, 0.1) is 43.8 Å². The molecule has 24 atom stereocenters. The van der Waals surface area contributed by atoms with Crippen molar-refractivity contribution in [2.45, 2.75) is 276 Å². The minimum absolute atomic E-state index is 0.0289. The summed E-state index contributed by atoms with van der Waals surface area (Å²) < 4.78 is 36.6. The molecule has 20 nitrogen and oxygen atoms in total. The summed E-state index contributed by atoms with van der Waals surface area (Å²) in [4.78, 5) is 29.3. The van der Waals surface area contributed by atoms with E-state index >= 15 is 4.79 Å². The average molecular weight is 1120 g/mol. The number of fused-ring (bicyclic) bond motifs is 7. The van der Waals surface area contributed by atoms with Crippen molar-refractivity contribution in [3.63, 3.8) is 0 Å². The Balaban J connectivity index is 1.06. The van der Waals surface area contributed by atoms with Gasteiger partial charge in [-0.25, -0.2) is 0 Å². The third kappa shape index (κ3) is 11.5. The van der Waals surface area contributed by atoms with Crippen LogP contribution in [-0.4, -0.2) is 181 Å². The normalized spacial score (nSPS) is 47.7. The highest BCUT2D eigenvalue weighted by Crippen LogP contribution is 2.76. The molecule has 8 aliphatic rings. The van der Waals surface area contributed by atoms with E-state index in [-0.39, 0.29) is 54.0 Å². The van der Waals surface area contributed by atoms with Gasteiger partial charge in [-0.2, -0.15) is 0 Å². The molecule has 20 heteroatoms. The molecule has 0 aromatic carbocycles. The summed E-state index contributed by atoms with van der Waals surface area (Å²) in [6.45, 7) is 15.8. The number of hydrogen-bond donors (Lipinski definition) is 11. The van der Waals surface area contributed by atoms with Gasteiger partial charge in [0, 0.05) is 11.8 Å². The molecule has 0 radical (unpaired) electrons. The number of aliphatic hydroxyl groups is 9. The molecule has 13 unspecified atom stereocenters. The molecule has 3 aliphatic heterocycles. The number of nitrogens with one attached hydrogen (secondary N) is 1. The van der Waals surface area contributed by atoms with Gasteiger partial charge < -0.3 is 84.9 Å². The van der Waals surface area contributed by atoms with E-state index in [2.05, 4.69) is 58.1 Å². The van der Waals surface area contributed by atoms with Crippen molar-refractivity contribution in [3.05, 3.63) is 11.6 Å². The van der Waals surface area contributed by atoms with E-state index in [1.807, 2.05) is 6.92 Å². The lowest BCUT2D eigenvalue weighted by Gasteiger charge is -2.71. The quantitative estimate of drug-likeness (QED) is 0.0215. The zero-order chi connectivity index (χ0) is 57.6. The maximum absolute atomic E-state index is 15.7. The first-order chi connectivity index (χ1) is 37.3. The fourth-order valence-corrected chi connectivity index (χ4v) is 16.8. The number of nitrogens with zero attached hydrogens (tertiary/aromatic N) is 1. The number of unbranched alkanes of at least 4 members (excludes halogenated alkanes) is 8. The zero-order valence-corrected chi connectivity index (χ0v) is 48.2. The minimum Gasteiger partial charge on any atom is -0.432 e. The summed E-state index contributed by atoms with van der Waals surface area (Å²) in [5.41, 5.74) is -2.58. The number of hydrogen-bond acceptors (Lipinski definition) is 19. The summed E-state index contributed by atoms with van der Waals surface area (Å²) in [6, 6.07) is -1.32. The van der Waals surface area contributed by atoms with Crippen LogP contribution in [0.2, 0.25) is 0 Å². The van der Waals surface area contributed by atoms with Crippen LogP contribution in [0.1, 0.15) is 177 Å². The maximum atomic E-state index is 15.7. The number of ether oxygens (including phenoxy) is 6. The molecule has 3 heterocycles. The summed E-state index contributed by atoms with van der Waals surface area (Å²) in [7, 11) is 0. The van der Waals surface area contributed by atoms with E-state index in [9.17, 15) is 56.0 Å². The second-order valence-electron chi connectivity index (χ2n) is 27.1. The van der Waals surface area contributed by atoms with Gasteiger partial charge in [-0.1, -0.05) is 111 Å². The van der Waals surface area contributed by atoms with Crippen molar-refractivity contribution in [3.8, 4) is 0 Å². The number of amides is 1. The number of oxime groups is 1. The lowest BCUT2D eigenvalue weighted by atomic mass is 9.33. The zero-order valence-electron chi connectivity index (χ0n) is 48.2. The highest BCUT2D eigenvalue weighted by atomic mass is 16.8.